The number of hydrogen-bond donors (Lipinski definition) is 3. The van der Waals surface area contributed by atoms with Gasteiger partial charge in [-0.2, -0.15) is 12.6 Å². The van der Waals surface area contributed by atoms with Gasteiger partial charge in [-0.1, -0.05) is 18.2 Å². The van der Waals surface area contributed by atoms with Gasteiger partial charge in [-0.05, 0) is 96.3 Å². The third kappa shape index (κ3) is 8.41. The molecule has 38 heavy (non-hydrogen) atoms. The quantitative estimate of drug-likeness (QED) is 0.385. The lowest BCUT2D eigenvalue weighted by molar-refractivity contribution is -0.146. The first-order valence-electron chi connectivity index (χ1n) is 12.5. The van der Waals surface area contributed by atoms with Crippen LogP contribution in [-0.4, -0.2) is 52.9 Å². The monoisotopic (exact) mass is 543 g/mol. The number of carbonyl (C=O) groups is 3. The number of rotatable bonds is 8. The highest BCUT2D eigenvalue weighted by molar-refractivity contribution is 7.80. The number of nitrogens with zero attached hydrogens (tertiary/aromatic N) is 1. The Bertz CT molecular complexity index is 1140. The zero-order chi connectivity index (χ0) is 28.8. The summed E-state index contributed by atoms with van der Waals surface area (Å²) in [4.78, 5) is 42.0. The van der Waals surface area contributed by atoms with Crippen molar-refractivity contribution in [3.05, 3.63) is 59.2 Å². The average molecular weight is 544 g/mol. The predicted octanol–water partition coefficient (Wildman–Crippen LogP) is 5.44. The number of aryl methyl sites for hydroxylation is 2. The summed E-state index contributed by atoms with van der Waals surface area (Å²) in [5, 5.41) is 5.57. The summed E-state index contributed by atoms with van der Waals surface area (Å²) in [5.41, 5.74) is 1.73. The van der Waals surface area contributed by atoms with Crippen LogP contribution in [0.2, 0.25) is 0 Å². The summed E-state index contributed by atoms with van der Waals surface area (Å²) in [6, 6.07) is 10.6. The van der Waals surface area contributed by atoms with E-state index in [0.717, 1.165) is 11.1 Å². The van der Waals surface area contributed by atoms with Crippen LogP contribution < -0.4 is 15.4 Å². The van der Waals surface area contributed by atoms with E-state index in [4.69, 9.17) is 9.47 Å². The minimum atomic E-state index is -1.02. The number of hydrogen-bond acceptors (Lipinski definition) is 6. The van der Waals surface area contributed by atoms with Crippen LogP contribution in [0.4, 0.5) is 10.5 Å². The summed E-state index contributed by atoms with van der Waals surface area (Å²) in [6.07, 6.45) is -0.732. The van der Waals surface area contributed by atoms with Crippen LogP contribution >= 0.6 is 12.6 Å². The summed E-state index contributed by atoms with van der Waals surface area (Å²) in [6.45, 7) is 14.7. The van der Waals surface area contributed by atoms with Crippen LogP contribution in [0, 0.1) is 13.8 Å². The van der Waals surface area contributed by atoms with Crippen LogP contribution in [-0.2, 0) is 14.3 Å². The number of amides is 3. The minimum Gasteiger partial charge on any atom is -0.497 e. The first-order valence-corrected chi connectivity index (χ1v) is 13.2. The maximum atomic E-state index is 14.0. The molecule has 8 nitrogen and oxygen atoms in total. The SMILES string of the molecule is COc1ccc(NC(=O)C(c2ccc(C)c(C)c2)N(C(=O)C(CS)NC(=O)OC(C)(C)C)C(C)(C)C)cc1. The van der Waals surface area contributed by atoms with Crippen molar-refractivity contribution in [3.63, 3.8) is 0 Å². The number of nitrogens with one attached hydrogen (secondary N) is 2. The summed E-state index contributed by atoms with van der Waals surface area (Å²) in [5.74, 6) is -0.168. The van der Waals surface area contributed by atoms with Crippen molar-refractivity contribution in [2.24, 2.45) is 0 Å². The van der Waals surface area contributed by atoms with Crippen LogP contribution in [0.1, 0.15) is 64.3 Å². The minimum absolute atomic E-state index is 0.0183. The highest BCUT2D eigenvalue weighted by Gasteiger charge is 2.41. The van der Waals surface area contributed by atoms with Crippen molar-refractivity contribution in [3.8, 4) is 5.75 Å². The lowest BCUT2D eigenvalue weighted by atomic mass is 9.93. The number of methoxy groups -OCH3 is 1. The van der Waals surface area contributed by atoms with E-state index in [1.165, 1.54) is 4.90 Å². The van der Waals surface area contributed by atoms with E-state index in [1.54, 1.807) is 52.1 Å². The predicted molar refractivity (Wildman–Crippen MR) is 154 cm³/mol. The van der Waals surface area contributed by atoms with Gasteiger partial charge in [0.2, 0.25) is 5.91 Å². The molecule has 2 N–H and O–H groups in total. The van der Waals surface area contributed by atoms with Crippen LogP contribution in [0.3, 0.4) is 0 Å². The van der Waals surface area contributed by atoms with Crippen molar-refractivity contribution in [2.75, 3.05) is 18.2 Å². The number of alkyl carbamates (subject to hydrolysis) is 1. The molecule has 0 spiro atoms. The van der Waals surface area contributed by atoms with Gasteiger partial charge in [-0.15, -0.1) is 0 Å². The first kappa shape index (κ1) is 31.0. The van der Waals surface area contributed by atoms with Gasteiger partial charge in [0.05, 0.1) is 7.11 Å². The Hall–Kier alpha value is -3.20. The fourth-order valence-electron chi connectivity index (χ4n) is 3.89. The normalized spacial score (nSPS) is 13.2. The molecule has 0 fully saturated rings. The van der Waals surface area contributed by atoms with Crippen molar-refractivity contribution >= 4 is 36.2 Å². The van der Waals surface area contributed by atoms with Crippen molar-refractivity contribution in [2.45, 2.75) is 78.6 Å². The molecule has 2 rings (SSSR count). The van der Waals surface area contributed by atoms with Crippen LogP contribution in [0.25, 0.3) is 0 Å². The van der Waals surface area contributed by atoms with E-state index < -0.39 is 41.1 Å². The molecule has 0 saturated heterocycles. The van der Waals surface area contributed by atoms with E-state index in [2.05, 4.69) is 23.3 Å². The van der Waals surface area contributed by atoms with Gasteiger partial charge in [0.25, 0.3) is 5.91 Å². The van der Waals surface area contributed by atoms with Gasteiger partial charge in [-0.25, -0.2) is 4.79 Å². The molecular formula is C29H41N3O5S. The fourth-order valence-corrected chi connectivity index (χ4v) is 4.13. The van der Waals surface area contributed by atoms with E-state index in [9.17, 15) is 14.4 Å². The van der Waals surface area contributed by atoms with E-state index in [0.29, 0.717) is 17.0 Å². The molecule has 208 valence electrons. The Morgan fingerprint density at radius 1 is 0.947 bits per heavy atom. The zero-order valence-electron chi connectivity index (χ0n) is 23.8. The van der Waals surface area contributed by atoms with Gasteiger partial charge < -0.3 is 25.0 Å². The Balaban J connectivity index is 2.55. The molecule has 0 saturated carbocycles. The Labute approximate surface area is 231 Å². The van der Waals surface area contributed by atoms with Crippen LogP contribution in [0.15, 0.2) is 42.5 Å². The molecule has 0 bridgehead atoms. The maximum absolute atomic E-state index is 14.0. The molecular weight excluding hydrogens is 502 g/mol. The van der Waals surface area contributed by atoms with E-state index in [1.807, 2.05) is 52.8 Å². The molecule has 0 aromatic heterocycles. The van der Waals surface area contributed by atoms with Crippen molar-refractivity contribution in [1.29, 1.82) is 0 Å². The third-order valence-electron chi connectivity index (χ3n) is 5.84. The number of ether oxygens (including phenoxy) is 2. The highest BCUT2D eigenvalue weighted by Crippen LogP contribution is 2.32. The smallest absolute Gasteiger partial charge is 0.408 e. The maximum Gasteiger partial charge on any atom is 0.408 e. The van der Waals surface area contributed by atoms with Crippen LogP contribution in [0.5, 0.6) is 5.75 Å². The average Bonchev–Trinajstić information content (AvgIpc) is 2.80. The molecule has 2 atom stereocenters. The van der Waals surface area contributed by atoms with Gasteiger partial charge >= 0.3 is 6.09 Å². The molecule has 0 aliphatic heterocycles. The molecule has 2 unspecified atom stereocenters. The zero-order valence-corrected chi connectivity index (χ0v) is 24.7. The highest BCUT2D eigenvalue weighted by atomic mass is 32.1. The van der Waals surface area contributed by atoms with Gasteiger partial charge in [0, 0.05) is 17.0 Å². The number of thiol groups is 1. The van der Waals surface area contributed by atoms with Crippen molar-refractivity contribution in [1.82, 2.24) is 10.2 Å². The van der Waals surface area contributed by atoms with Gasteiger partial charge in [0.15, 0.2) is 0 Å². The summed E-state index contributed by atoms with van der Waals surface area (Å²) >= 11 is 4.34. The van der Waals surface area contributed by atoms with Gasteiger partial charge in [-0.3, -0.25) is 9.59 Å². The molecule has 0 heterocycles. The Morgan fingerprint density at radius 3 is 2.03 bits per heavy atom. The third-order valence-corrected chi connectivity index (χ3v) is 6.21. The Morgan fingerprint density at radius 2 is 1.55 bits per heavy atom. The molecule has 3 amide bonds. The molecule has 2 aromatic rings. The molecule has 0 radical (unpaired) electrons. The fraction of sp³-hybridized carbons (Fsp3) is 0.483. The standard InChI is InChI=1S/C29H41N3O5S/c1-18-10-11-20(16-19(18)2)24(25(33)30-21-12-14-22(36-9)15-13-21)32(28(3,4)5)26(34)23(17-38)31-27(35)37-29(6,7)8/h10-16,23-24,38H,17H2,1-9H3,(H,30,33)(H,31,35). The summed E-state index contributed by atoms with van der Waals surface area (Å²) in [7, 11) is 1.57. The Kier molecular flexibility index (Phi) is 10.3. The molecule has 0 aliphatic carbocycles. The second-order valence-corrected chi connectivity index (χ2v) is 11.6. The largest absolute Gasteiger partial charge is 0.497 e. The number of benzene rings is 2. The number of carbonyl (C=O) groups excluding carboxylic acids is 3. The molecule has 0 aliphatic rings. The van der Waals surface area contributed by atoms with E-state index in [-0.39, 0.29) is 5.75 Å². The second-order valence-electron chi connectivity index (χ2n) is 11.2. The second kappa shape index (κ2) is 12.6. The summed E-state index contributed by atoms with van der Waals surface area (Å²) < 4.78 is 10.6. The lowest BCUT2D eigenvalue weighted by Crippen LogP contribution is -2.58. The lowest BCUT2D eigenvalue weighted by Gasteiger charge is -2.43. The first-order chi connectivity index (χ1) is 17.6. The molecule has 9 heteroatoms. The topological polar surface area (TPSA) is 97.0 Å². The molecule has 2 aromatic carbocycles. The number of anilines is 1. The van der Waals surface area contributed by atoms with E-state index >= 15 is 0 Å². The van der Waals surface area contributed by atoms with Crippen molar-refractivity contribution < 1.29 is 23.9 Å². The van der Waals surface area contributed by atoms with Gasteiger partial charge in [0.1, 0.15) is 23.4 Å².